The molecule has 0 aliphatic carbocycles. The van der Waals surface area contributed by atoms with Crippen molar-refractivity contribution in [1.82, 2.24) is 5.32 Å². The smallest absolute Gasteiger partial charge is 0.231 e. The molecule has 2 unspecified atom stereocenters. The normalized spacial score (nSPS) is 15.6. The third-order valence-electron chi connectivity index (χ3n) is 4.43. The SMILES string of the molecule is Cc1ccc(C(C)NC(C)c2ccc3c(c2)OCO3)cc1C. The second kappa shape index (κ2) is 6.01. The van der Waals surface area contributed by atoms with Crippen LogP contribution < -0.4 is 14.8 Å². The highest BCUT2D eigenvalue weighted by Crippen LogP contribution is 2.34. The van der Waals surface area contributed by atoms with Crippen molar-refractivity contribution in [3.05, 3.63) is 58.7 Å². The fourth-order valence-electron chi connectivity index (χ4n) is 2.78. The van der Waals surface area contributed by atoms with Gasteiger partial charge < -0.3 is 14.8 Å². The standard InChI is InChI=1S/C19H23NO2/c1-12-5-6-16(9-13(12)2)14(3)20-15(4)17-7-8-18-19(10-17)22-11-21-18/h5-10,14-15,20H,11H2,1-4H3. The van der Waals surface area contributed by atoms with E-state index in [-0.39, 0.29) is 6.04 Å². The predicted octanol–water partition coefficient (Wildman–Crippen LogP) is 4.44. The number of ether oxygens (including phenoxy) is 2. The molecule has 2 atom stereocenters. The number of hydrogen-bond acceptors (Lipinski definition) is 3. The third kappa shape index (κ3) is 2.95. The van der Waals surface area contributed by atoms with Crippen LogP contribution in [0.5, 0.6) is 11.5 Å². The monoisotopic (exact) mass is 297 g/mol. The third-order valence-corrected chi connectivity index (χ3v) is 4.43. The first kappa shape index (κ1) is 14.9. The van der Waals surface area contributed by atoms with Crippen LogP contribution in [0.1, 0.15) is 48.2 Å². The summed E-state index contributed by atoms with van der Waals surface area (Å²) < 4.78 is 10.8. The van der Waals surface area contributed by atoms with Crippen LogP contribution >= 0.6 is 0 Å². The molecular weight excluding hydrogens is 274 g/mol. The van der Waals surface area contributed by atoms with Crippen LogP contribution in [0, 0.1) is 13.8 Å². The van der Waals surface area contributed by atoms with Crippen LogP contribution in [0.4, 0.5) is 0 Å². The largest absolute Gasteiger partial charge is 0.454 e. The van der Waals surface area contributed by atoms with E-state index in [4.69, 9.17) is 9.47 Å². The second-order valence-electron chi connectivity index (χ2n) is 6.07. The topological polar surface area (TPSA) is 30.5 Å². The molecule has 0 spiro atoms. The summed E-state index contributed by atoms with van der Waals surface area (Å²) in [5.74, 6) is 1.67. The van der Waals surface area contributed by atoms with E-state index >= 15 is 0 Å². The molecule has 1 aliphatic heterocycles. The zero-order chi connectivity index (χ0) is 15.7. The van der Waals surface area contributed by atoms with Gasteiger partial charge in [0.15, 0.2) is 11.5 Å². The molecule has 0 saturated carbocycles. The van der Waals surface area contributed by atoms with Crippen LogP contribution in [0.2, 0.25) is 0 Å². The Balaban J connectivity index is 1.73. The number of benzene rings is 2. The number of nitrogens with one attached hydrogen (secondary N) is 1. The lowest BCUT2D eigenvalue weighted by Gasteiger charge is -2.21. The quantitative estimate of drug-likeness (QED) is 0.904. The van der Waals surface area contributed by atoms with Gasteiger partial charge in [-0.15, -0.1) is 0 Å². The lowest BCUT2D eigenvalue weighted by Crippen LogP contribution is -2.22. The first-order chi connectivity index (χ1) is 10.5. The molecule has 2 aromatic rings. The van der Waals surface area contributed by atoms with Crippen molar-refractivity contribution in [2.24, 2.45) is 0 Å². The van der Waals surface area contributed by atoms with E-state index in [2.05, 4.69) is 63.3 Å². The Morgan fingerprint density at radius 1 is 0.818 bits per heavy atom. The van der Waals surface area contributed by atoms with E-state index in [9.17, 15) is 0 Å². The van der Waals surface area contributed by atoms with Crippen molar-refractivity contribution in [3.8, 4) is 11.5 Å². The maximum Gasteiger partial charge on any atom is 0.231 e. The first-order valence-corrected chi connectivity index (χ1v) is 7.77. The van der Waals surface area contributed by atoms with Gasteiger partial charge in [0.25, 0.3) is 0 Å². The van der Waals surface area contributed by atoms with Crippen molar-refractivity contribution in [1.29, 1.82) is 0 Å². The van der Waals surface area contributed by atoms with Gasteiger partial charge in [0.05, 0.1) is 0 Å². The molecule has 22 heavy (non-hydrogen) atoms. The van der Waals surface area contributed by atoms with Gasteiger partial charge in [-0.1, -0.05) is 24.3 Å². The average molecular weight is 297 g/mol. The fraction of sp³-hybridized carbons (Fsp3) is 0.368. The summed E-state index contributed by atoms with van der Waals surface area (Å²) in [4.78, 5) is 0. The first-order valence-electron chi connectivity index (χ1n) is 7.77. The van der Waals surface area contributed by atoms with Gasteiger partial charge in [-0.2, -0.15) is 0 Å². The van der Waals surface area contributed by atoms with Gasteiger partial charge in [-0.25, -0.2) is 0 Å². The molecule has 1 heterocycles. The molecule has 0 aromatic heterocycles. The molecule has 3 nitrogen and oxygen atoms in total. The minimum absolute atomic E-state index is 0.242. The summed E-state index contributed by atoms with van der Waals surface area (Å²) in [7, 11) is 0. The molecule has 116 valence electrons. The van der Waals surface area contributed by atoms with Crippen molar-refractivity contribution < 1.29 is 9.47 Å². The lowest BCUT2D eigenvalue weighted by molar-refractivity contribution is 0.174. The molecule has 2 aromatic carbocycles. The highest BCUT2D eigenvalue weighted by Gasteiger charge is 2.17. The Kier molecular flexibility index (Phi) is 4.08. The molecule has 0 saturated heterocycles. The minimum Gasteiger partial charge on any atom is -0.454 e. The maximum atomic E-state index is 5.46. The lowest BCUT2D eigenvalue weighted by atomic mass is 10.0. The summed E-state index contributed by atoms with van der Waals surface area (Å²) in [5.41, 5.74) is 5.19. The van der Waals surface area contributed by atoms with Crippen molar-refractivity contribution >= 4 is 0 Å². The van der Waals surface area contributed by atoms with E-state index in [0.29, 0.717) is 12.8 Å². The number of fused-ring (bicyclic) bond motifs is 1. The minimum atomic E-state index is 0.242. The zero-order valence-electron chi connectivity index (χ0n) is 13.6. The molecular formula is C19H23NO2. The molecule has 0 radical (unpaired) electrons. The van der Waals surface area contributed by atoms with Gasteiger partial charge >= 0.3 is 0 Å². The van der Waals surface area contributed by atoms with Crippen LogP contribution in [0.3, 0.4) is 0 Å². The Morgan fingerprint density at radius 2 is 1.45 bits per heavy atom. The van der Waals surface area contributed by atoms with Crippen molar-refractivity contribution in [2.75, 3.05) is 6.79 Å². The summed E-state index contributed by atoms with van der Waals surface area (Å²) in [6.45, 7) is 9.00. The van der Waals surface area contributed by atoms with Crippen molar-refractivity contribution in [2.45, 2.75) is 39.8 Å². The summed E-state index contributed by atoms with van der Waals surface area (Å²) in [5, 5.41) is 3.65. The Morgan fingerprint density at radius 3 is 2.18 bits per heavy atom. The molecule has 0 bridgehead atoms. The highest BCUT2D eigenvalue weighted by molar-refractivity contribution is 5.45. The Hall–Kier alpha value is -2.00. The van der Waals surface area contributed by atoms with E-state index in [1.165, 1.54) is 22.3 Å². The summed E-state index contributed by atoms with van der Waals surface area (Å²) in [6, 6.07) is 13.3. The Bertz CT molecular complexity index is 681. The van der Waals surface area contributed by atoms with Crippen LogP contribution in [0.15, 0.2) is 36.4 Å². The predicted molar refractivity (Wildman–Crippen MR) is 88.4 cm³/mol. The molecule has 3 rings (SSSR count). The number of rotatable bonds is 4. The maximum absolute atomic E-state index is 5.46. The van der Waals surface area contributed by atoms with Crippen LogP contribution in [-0.4, -0.2) is 6.79 Å². The zero-order valence-corrected chi connectivity index (χ0v) is 13.6. The summed E-state index contributed by atoms with van der Waals surface area (Å²) >= 11 is 0. The molecule has 1 N–H and O–H groups in total. The second-order valence-corrected chi connectivity index (χ2v) is 6.07. The van der Waals surface area contributed by atoms with Gasteiger partial charge in [0.2, 0.25) is 6.79 Å². The molecule has 0 fully saturated rings. The van der Waals surface area contributed by atoms with E-state index in [1.807, 2.05) is 6.07 Å². The van der Waals surface area contributed by atoms with Gasteiger partial charge in [0.1, 0.15) is 0 Å². The summed E-state index contributed by atoms with van der Waals surface area (Å²) in [6.07, 6.45) is 0. The van der Waals surface area contributed by atoms with Gasteiger partial charge in [-0.05, 0) is 62.1 Å². The van der Waals surface area contributed by atoms with E-state index in [1.54, 1.807) is 0 Å². The number of hydrogen-bond donors (Lipinski definition) is 1. The van der Waals surface area contributed by atoms with Crippen LogP contribution in [0.25, 0.3) is 0 Å². The van der Waals surface area contributed by atoms with E-state index in [0.717, 1.165) is 11.5 Å². The Labute approximate surface area is 132 Å². The number of aryl methyl sites for hydroxylation is 2. The highest BCUT2D eigenvalue weighted by atomic mass is 16.7. The molecule has 1 aliphatic rings. The van der Waals surface area contributed by atoms with Gasteiger partial charge in [-0.3, -0.25) is 0 Å². The molecule has 0 amide bonds. The van der Waals surface area contributed by atoms with Gasteiger partial charge in [0, 0.05) is 12.1 Å². The van der Waals surface area contributed by atoms with E-state index < -0.39 is 0 Å². The molecule has 3 heteroatoms. The van der Waals surface area contributed by atoms with Crippen molar-refractivity contribution in [3.63, 3.8) is 0 Å². The average Bonchev–Trinajstić information content (AvgIpc) is 2.97. The van der Waals surface area contributed by atoms with Crippen LogP contribution in [-0.2, 0) is 0 Å². The fourth-order valence-corrected chi connectivity index (χ4v) is 2.78.